The molecule has 0 aromatic carbocycles. The molecule has 2 aromatic heterocycles. The van der Waals surface area contributed by atoms with E-state index in [0.29, 0.717) is 12.0 Å². The highest BCUT2D eigenvalue weighted by Crippen LogP contribution is 2.21. The highest BCUT2D eigenvalue weighted by Gasteiger charge is 2.13. The Balaban J connectivity index is 1.94. The summed E-state index contributed by atoms with van der Waals surface area (Å²) in [6, 6.07) is 6.42. The standard InChI is InChI=1S/C17H26N4S/c1-13(2)9-14(11-21(3)4)19-10-15-12-22-17(20-15)16-7-5-6-8-18-16/h5-8,12-14,19H,9-11H2,1-4H3. The molecule has 0 radical (unpaired) electrons. The van der Waals surface area contributed by atoms with E-state index in [1.54, 1.807) is 11.3 Å². The van der Waals surface area contributed by atoms with Crippen LogP contribution < -0.4 is 5.32 Å². The minimum Gasteiger partial charge on any atom is -0.308 e. The summed E-state index contributed by atoms with van der Waals surface area (Å²) in [4.78, 5) is 11.3. The van der Waals surface area contributed by atoms with Crippen molar-refractivity contribution in [3.63, 3.8) is 0 Å². The molecule has 0 saturated heterocycles. The average molecular weight is 318 g/mol. The van der Waals surface area contributed by atoms with E-state index in [1.807, 2.05) is 24.4 Å². The second-order valence-electron chi connectivity index (χ2n) is 6.33. The Morgan fingerprint density at radius 3 is 2.73 bits per heavy atom. The number of aromatic nitrogens is 2. The first kappa shape index (κ1) is 17.1. The first-order chi connectivity index (χ1) is 10.5. The molecule has 0 aliphatic carbocycles. The monoisotopic (exact) mass is 318 g/mol. The first-order valence-corrected chi connectivity index (χ1v) is 8.66. The summed E-state index contributed by atoms with van der Waals surface area (Å²) in [5.74, 6) is 0.692. The van der Waals surface area contributed by atoms with Crippen LogP contribution in [0.5, 0.6) is 0 Å². The molecule has 1 unspecified atom stereocenters. The van der Waals surface area contributed by atoms with Gasteiger partial charge in [-0.3, -0.25) is 4.98 Å². The SMILES string of the molecule is CC(C)CC(CN(C)C)NCc1csc(-c2ccccn2)n1. The molecule has 22 heavy (non-hydrogen) atoms. The molecule has 1 N–H and O–H groups in total. The Kier molecular flexibility index (Phi) is 6.49. The summed E-state index contributed by atoms with van der Waals surface area (Å²) >= 11 is 1.66. The number of nitrogens with one attached hydrogen (secondary N) is 1. The summed E-state index contributed by atoms with van der Waals surface area (Å²) in [7, 11) is 4.24. The summed E-state index contributed by atoms with van der Waals surface area (Å²) in [5, 5.41) is 6.76. The van der Waals surface area contributed by atoms with Gasteiger partial charge in [-0.1, -0.05) is 19.9 Å². The number of thiazole rings is 1. The van der Waals surface area contributed by atoms with Crippen LogP contribution in [0, 0.1) is 5.92 Å². The molecule has 2 aromatic rings. The Morgan fingerprint density at radius 1 is 1.27 bits per heavy atom. The Morgan fingerprint density at radius 2 is 2.09 bits per heavy atom. The lowest BCUT2D eigenvalue weighted by molar-refractivity contribution is 0.304. The van der Waals surface area contributed by atoms with Crippen molar-refractivity contribution in [3.05, 3.63) is 35.5 Å². The van der Waals surface area contributed by atoms with Gasteiger partial charge in [-0.2, -0.15) is 0 Å². The average Bonchev–Trinajstić information content (AvgIpc) is 2.93. The number of rotatable bonds is 8. The predicted octanol–water partition coefficient (Wildman–Crippen LogP) is 3.27. The van der Waals surface area contributed by atoms with Gasteiger partial charge in [0.2, 0.25) is 0 Å². The fraction of sp³-hybridized carbons (Fsp3) is 0.529. The Hall–Kier alpha value is -1.30. The minimum atomic E-state index is 0.495. The van der Waals surface area contributed by atoms with Crippen LogP contribution >= 0.6 is 11.3 Å². The van der Waals surface area contributed by atoms with Crippen LogP contribution in [0.3, 0.4) is 0 Å². The maximum atomic E-state index is 4.69. The van der Waals surface area contributed by atoms with E-state index in [9.17, 15) is 0 Å². The number of pyridine rings is 1. The van der Waals surface area contributed by atoms with Gasteiger partial charge in [0, 0.05) is 30.7 Å². The van der Waals surface area contributed by atoms with E-state index >= 15 is 0 Å². The van der Waals surface area contributed by atoms with Gasteiger partial charge in [-0.15, -0.1) is 11.3 Å². The van der Waals surface area contributed by atoms with Gasteiger partial charge in [-0.25, -0.2) is 4.98 Å². The lowest BCUT2D eigenvalue weighted by Crippen LogP contribution is -2.38. The molecule has 2 heterocycles. The molecule has 0 spiro atoms. The van der Waals surface area contributed by atoms with Gasteiger partial charge >= 0.3 is 0 Å². The quantitative estimate of drug-likeness (QED) is 0.811. The van der Waals surface area contributed by atoms with E-state index in [-0.39, 0.29) is 0 Å². The Bertz CT molecular complexity index is 541. The molecule has 1 atom stereocenters. The smallest absolute Gasteiger partial charge is 0.142 e. The third-order valence-corrected chi connectivity index (χ3v) is 4.26. The molecular weight excluding hydrogens is 292 g/mol. The second-order valence-corrected chi connectivity index (χ2v) is 7.19. The molecule has 0 bridgehead atoms. The second kappa shape index (κ2) is 8.36. The summed E-state index contributed by atoms with van der Waals surface area (Å²) in [6.45, 7) is 6.41. The molecule has 0 fully saturated rings. The largest absolute Gasteiger partial charge is 0.308 e. The van der Waals surface area contributed by atoms with Crippen LogP contribution in [0.15, 0.2) is 29.8 Å². The topological polar surface area (TPSA) is 41.0 Å². The fourth-order valence-electron chi connectivity index (χ4n) is 2.48. The number of hydrogen-bond acceptors (Lipinski definition) is 5. The lowest BCUT2D eigenvalue weighted by atomic mass is 10.0. The normalized spacial score (nSPS) is 13.0. The highest BCUT2D eigenvalue weighted by molar-refractivity contribution is 7.13. The molecule has 120 valence electrons. The van der Waals surface area contributed by atoms with Crippen LogP contribution in [-0.4, -0.2) is 41.5 Å². The van der Waals surface area contributed by atoms with Crippen molar-refractivity contribution in [2.45, 2.75) is 32.9 Å². The number of likely N-dealkylation sites (N-methyl/N-ethyl adjacent to an activating group) is 1. The van der Waals surface area contributed by atoms with Gasteiger partial charge in [0.05, 0.1) is 11.4 Å². The number of nitrogens with zero attached hydrogens (tertiary/aromatic N) is 3. The molecule has 0 amide bonds. The van der Waals surface area contributed by atoms with E-state index < -0.39 is 0 Å². The van der Waals surface area contributed by atoms with Crippen molar-refractivity contribution >= 4 is 11.3 Å². The summed E-state index contributed by atoms with van der Waals surface area (Å²) in [6.07, 6.45) is 2.99. The highest BCUT2D eigenvalue weighted by atomic mass is 32.1. The molecule has 0 aliphatic rings. The van der Waals surface area contributed by atoms with Crippen molar-refractivity contribution in [2.75, 3.05) is 20.6 Å². The zero-order chi connectivity index (χ0) is 15.9. The Labute approximate surface area is 137 Å². The molecule has 0 aliphatic heterocycles. The molecule has 2 rings (SSSR count). The summed E-state index contributed by atoms with van der Waals surface area (Å²) in [5.41, 5.74) is 2.05. The predicted molar refractivity (Wildman–Crippen MR) is 94.0 cm³/mol. The van der Waals surface area contributed by atoms with E-state index in [0.717, 1.165) is 29.5 Å². The van der Waals surface area contributed by atoms with Crippen LogP contribution in [0.4, 0.5) is 0 Å². The molecule has 5 heteroatoms. The van der Waals surface area contributed by atoms with Crippen LogP contribution in [0.2, 0.25) is 0 Å². The molecule has 4 nitrogen and oxygen atoms in total. The summed E-state index contributed by atoms with van der Waals surface area (Å²) < 4.78 is 0. The third-order valence-electron chi connectivity index (χ3n) is 3.35. The van der Waals surface area contributed by atoms with Crippen LogP contribution in [-0.2, 0) is 6.54 Å². The van der Waals surface area contributed by atoms with Gasteiger partial charge in [0.1, 0.15) is 5.01 Å². The molecule has 0 saturated carbocycles. The maximum absolute atomic E-state index is 4.69. The number of hydrogen-bond donors (Lipinski definition) is 1. The van der Waals surface area contributed by atoms with Crippen molar-refractivity contribution in [3.8, 4) is 10.7 Å². The van der Waals surface area contributed by atoms with E-state index in [1.165, 1.54) is 6.42 Å². The maximum Gasteiger partial charge on any atom is 0.142 e. The van der Waals surface area contributed by atoms with Crippen LogP contribution in [0.1, 0.15) is 26.0 Å². The van der Waals surface area contributed by atoms with Crippen molar-refractivity contribution in [1.82, 2.24) is 20.2 Å². The first-order valence-electron chi connectivity index (χ1n) is 7.78. The van der Waals surface area contributed by atoms with Crippen molar-refractivity contribution < 1.29 is 0 Å². The molecular formula is C17H26N4S. The zero-order valence-electron chi connectivity index (χ0n) is 13.9. The van der Waals surface area contributed by atoms with Gasteiger partial charge in [0.15, 0.2) is 0 Å². The van der Waals surface area contributed by atoms with Gasteiger partial charge in [-0.05, 0) is 38.6 Å². The van der Waals surface area contributed by atoms with Gasteiger partial charge in [0.25, 0.3) is 0 Å². The fourth-order valence-corrected chi connectivity index (χ4v) is 3.27. The van der Waals surface area contributed by atoms with Crippen molar-refractivity contribution in [1.29, 1.82) is 0 Å². The minimum absolute atomic E-state index is 0.495. The van der Waals surface area contributed by atoms with Crippen LogP contribution in [0.25, 0.3) is 10.7 Å². The van der Waals surface area contributed by atoms with Crippen molar-refractivity contribution in [2.24, 2.45) is 5.92 Å². The lowest BCUT2D eigenvalue weighted by Gasteiger charge is -2.23. The van der Waals surface area contributed by atoms with Gasteiger partial charge < -0.3 is 10.2 Å². The zero-order valence-corrected chi connectivity index (χ0v) is 14.7. The van der Waals surface area contributed by atoms with E-state index in [4.69, 9.17) is 4.98 Å². The van der Waals surface area contributed by atoms with E-state index in [2.05, 4.69) is 48.5 Å². The third kappa shape index (κ3) is 5.48.